The van der Waals surface area contributed by atoms with Crippen LogP contribution >= 0.6 is 11.8 Å². The number of benzene rings is 1. The van der Waals surface area contributed by atoms with Gasteiger partial charge in [0.05, 0.1) is 23.8 Å². The highest BCUT2D eigenvalue weighted by atomic mass is 32.2. The summed E-state index contributed by atoms with van der Waals surface area (Å²) in [7, 11) is 1.62. The van der Waals surface area contributed by atoms with E-state index in [0.717, 1.165) is 22.0 Å². The number of hydrogen-bond acceptors (Lipinski definition) is 6. The van der Waals surface area contributed by atoms with Crippen LogP contribution in [0.15, 0.2) is 27.7 Å². The Morgan fingerprint density at radius 1 is 1.41 bits per heavy atom. The predicted octanol–water partition coefficient (Wildman–Crippen LogP) is 2.37. The van der Waals surface area contributed by atoms with Gasteiger partial charge in [-0.25, -0.2) is 0 Å². The van der Waals surface area contributed by atoms with Gasteiger partial charge in [0.15, 0.2) is 0 Å². The van der Waals surface area contributed by atoms with Gasteiger partial charge >= 0.3 is 0 Å². The first-order chi connectivity index (χ1) is 8.29. The van der Waals surface area contributed by atoms with E-state index in [9.17, 15) is 0 Å². The Morgan fingerprint density at radius 2 is 2.29 bits per heavy atom. The highest BCUT2D eigenvalue weighted by Gasteiger charge is 2.20. The van der Waals surface area contributed by atoms with Crippen molar-refractivity contribution < 1.29 is 14.0 Å². The van der Waals surface area contributed by atoms with Crippen LogP contribution in [0.5, 0.6) is 11.5 Å². The average molecular weight is 250 g/mol. The van der Waals surface area contributed by atoms with Gasteiger partial charge in [-0.1, -0.05) is 16.9 Å². The summed E-state index contributed by atoms with van der Waals surface area (Å²) in [4.78, 5) is 1.07. The lowest BCUT2D eigenvalue weighted by Gasteiger charge is -2.08. The first-order valence-corrected chi connectivity index (χ1v) is 5.96. The van der Waals surface area contributed by atoms with Gasteiger partial charge in [-0.15, -0.1) is 0 Å². The minimum atomic E-state index is 0.272. The molecular weight excluding hydrogens is 240 g/mol. The van der Waals surface area contributed by atoms with Gasteiger partial charge in [0.2, 0.25) is 5.88 Å². The minimum absolute atomic E-state index is 0.272. The van der Waals surface area contributed by atoms with Crippen molar-refractivity contribution in [1.29, 1.82) is 0 Å². The predicted molar refractivity (Wildman–Crippen MR) is 64.3 cm³/mol. The van der Waals surface area contributed by atoms with Crippen LogP contribution in [0, 0.1) is 0 Å². The van der Waals surface area contributed by atoms with Gasteiger partial charge in [0.1, 0.15) is 17.4 Å². The minimum Gasteiger partial charge on any atom is -0.496 e. The first-order valence-electron chi connectivity index (χ1n) is 4.97. The molecule has 6 heteroatoms. The Morgan fingerprint density at radius 3 is 3.00 bits per heavy atom. The zero-order valence-electron chi connectivity index (χ0n) is 9.10. The fraction of sp³-hybridized carbons (Fsp3) is 0.182. The molecule has 1 aliphatic heterocycles. The first kappa shape index (κ1) is 10.3. The number of nitrogens with zero attached hydrogens (tertiary/aromatic N) is 1. The average Bonchev–Trinajstić information content (AvgIpc) is 2.94. The molecule has 88 valence electrons. The maximum atomic E-state index is 5.71. The molecule has 3 rings (SSSR count). The summed E-state index contributed by atoms with van der Waals surface area (Å²) in [6.07, 6.45) is 1.57. The van der Waals surface area contributed by atoms with Crippen molar-refractivity contribution in [2.24, 2.45) is 0 Å². The van der Waals surface area contributed by atoms with E-state index in [-0.39, 0.29) is 5.88 Å². The molecule has 0 saturated carbocycles. The van der Waals surface area contributed by atoms with E-state index in [2.05, 4.69) is 5.16 Å². The molecule has 0 spiro atoms. The molecule has 0 bridgehead atoms. The number of anilines is 1. The van der Waals surface area contributed by atoms with Crippen molar-refractivity contribution in [1.82, 2.24) is 5.16 Å². The van der Waals surface area contributed by atoms with Crippen LogP contribution in [-0.4, -0.2) is 18.2 Å². The summed E-state index contributed by atoms with van der Waals surface area (Å²) in [5.74, 6) is 2.47. The quantitative estimate of drug-likeness (QED) is 0.882. The maximum Gasteiger partial charge on any atom is 0.230 e. The van der Waals surface area contributed by atoms with Crippen molar-refractivity contribution in [3.05, 3.63) is 18.3 Å². The number of aromatic nitrogens is 1. The Hall–Kier alpha value is -1.82. The highest BCUT2D eigenvalue weighted by Crippen LogP contribution is 2.44. The molecule has 1 aliphatic rings. The van der Waals surface area contributed by atoms with Crippen molar-refractivity contribution in [3.8, 4) is 22.6 Å². The largest absolute Gasteiger partial charge is 0.496 e. The Kier molecular flexibility index (Phi) is 2.36. The molecule has 2 N–H and O–H groups in total. The number of hydrogen-bond donors (Lipinski definition) is 1. The van der Waals surface area contributed by atoms with Crippen LogP contribution in [0.4, 0.5) is 5.88 Å². The third-order valence-electron chi connectivity index (χ3n) is 2.58. The van der Waals surface area contributed by atoms with Crippen molar-refractivity contribution in [2.45, 2.75) is 4.90 Å². The number of rotatable bonds is 2. The zero-order valence-corrected chi connectivity index (χ0v) is 9.91. The fourth-order valence-electron chi connectivity index (χ4n) is 1.75. The van der Waals surface area contributed by atoms with E-state index >= 15 is 0 Å². The van der Waals surface area contributed by atoms with Crippen LogP contribution in [0.1, 0.15) is 0 Å². The summed E-state index contributed by atoms with van der Waals surface area (Å²) in [6.45, 7) is 0. The van der Waals surface area contributed by atoms with Crippen molar-refractivity contribution >= 4 is 17.6 Å². The SMILES string of the molecule is COc1cc2c(cc1-c1cnoc1N)OCS2. The van der Waals surface area contributed by atoms with Crippen LogP contribution < -0.4 is 15.2 Å². The molecule has 2 heterocycles. The lowest BCUT2D eigenvalue weighted by molar-refractivity contribution is 0.392. The van der Waals surface area contributed by atoms with Gasteiger partial charge in [-0.3, -0.25) is 0 Å². The van der Waals surface area contributed by atoms with E-state index in [1.807, 2.05) is 12.1 Å². The summed E-state index contributed by atoms with van der Waals surface area (Å²) in [6, 6.07) is 3.84. The van der Waals surface area contributed by atoms with E-state index in [0.29, 0.717) is 11.5 Å². The molecule has 1 aromatic carbocycles. The molecule has 2 aromatic rings. The van der Waals surface area contributed by atoms with E-state index in [4.69, 9.17) is 19.7 Å². The van der Waals surface area contributed by atoms with Gasteiger partial charge in [0, 0.05) is 5.56 Å². The third kappa shape index (κ3) is 1.61. The molecule has 1 aromatic heterocycles. The molecule has 0 amide bonds. The van der Waals surface area contributed by atoms with Crippen LogP contribution in [-0.2, 0) is 0 Å². The zero-order chi connectivity index (χ0) is 11.8. The van der Waals surface area contributed by atoms with E-state index in [1.165, 1.54) is 0 Å². The molecule has 17 heavy (non-hydrogen) atoms. The molecule has 0 saturated heterocycles. The third-order valence-corrected chi connectivity index (χ3v) is 3.45. The summed E-state index contributed by atoms with van der Waals surface area (Å²) in [5, 5.41) is 3.67. The van der Waals surface area contributed by atoms with E-state index in [1.54, 1.807) is 25.1 Å². The Balaban J connectivity index is 2.19. The van der Waals surface area contributed by atoms with Crippen LogP contribution in [0.3, 0.4) is 0 Å². The van der Waals surface area contributed by atoms with Gasteiger partial charge in [-0.2, -0.15) is 0 Å². The topological polar surface area (TPSA) is 70.5 Å². The highest BCUT2D eigenvalue weighted by molar-refractivity contribution is 7.99. The Bertz CT molecular complexity index is 568. The number of ether oxygens (including phenoxy) is 2. The molecule has 0 aliphatic carbocycles. The molecule has 5 nitrogen and oxygen atoms in total. The standard InChI is InChI=1S/C11H10N2O3S/c1-14-8-3-10-9(15-5-17-10)2-6(8)7-4-13-16-11(7)12/h2-4H,5,12H2,1H3. The smallest absolute Gasteiger partial charge is 0.230 e. The summed E-state index contributed by atoms with van der Waals surface area (Å²) in [5.41, 5.74) is 7.25. The fourth-order valence-corrected chi connectivity index (χ4v) is 2.52. The number of methoxy groups -OCH3 is 1. The van der Waals surface area contributed by atoms with Gasteiger partial charge in [-0.05, 0) is 12.1 Å². The second kappa shape index (κ2) is 3.89. The van der Waals surface area contributed by atoms with E-state index < -0.39 is 0 Å². The number of nitrogens with two attached hydrogens (primary N) is 1. The Labute approximate surface area is 102 Å². The van der Waals surface area contributed by atoms with Crippen molar-refractivity contribution in [2.75, 3.05) is 18.8 Å². The molecule has 0 radical (unpaired) electrons. The number of thioether (sulfide) groups is 1. The normalized spacial score (nSPS) is 13.2. The molecular formula is C11H10N2O3S. The van der Waals surface area contributed by atoms with Crippen LogP contribution in [0.2, 0.25) is 0 Å². The maximum absolute atomic E-state index is 5.71. The molecule has 0 fully saturated rings. The summed E-state index contributed by atoms with van der Waals surface area (Å²) >= 11 is 1.64. The van der Waals surface area contributed by atoms with Gasteiger partial charge in [0.25, 0.3) is 0 Å². The summed E-state index contributed by atoms with van der Waals surface area (Å²) < 4.78 is 15.7. The molecule has 0 unspecified atom stereocenters. The monoisotopic (exact) mass is 250 g/mol. The lowest BCUT2D eigenvalue weighted by atomic mass is 10.1. The number of fused-ring (bicyclic) bond motifs is 1. The second-order valence-corrected chi connectivity index (χ2v) is 4.47. The lowest BCUT2D eigenvalue weighted by Crippen LogP contribution is -1.91. The number of nitrogen functional groups attached to an aromatic ring is 1. The molecule has 0 atom stereocenters. The van der Waals surface area contributed by atoms with Gasteiger partial charge < -0.3 is 19.7 Å². The van der Waals surface area contributed by atoms with Crippen LogP contribution in [0.25, 0.3) is 11.1 Å². The van der Waals surface area contributed by atoms with Crippen molar-refractivity contribution in [3.63, 3.8) is 0 Å². The second-order valence-electron chi connectivity index (χ2n) is 3.51.